The van der Waals surface area contributed by atoms with Gasteiger partial charge in [-0.25, -0.2) is 8.42 Å². The minimum atomic E-state index is -3.61. The third-order valence-electron chi connectivity index (χ3n) is 5.39. The van der Waals surface area contributed by atoms with Crippen LogP contribution in [0.3, 0.4) is 0 Å². The largest absolute Gasteiger partial charge is 0.369 e. The number of nitrogens with two attached hydrogens (primary N) is 1. The van der Waals surface area contributed by atoms with Gasteiger partial charge in [-0.2, -0.15) is 4.31 Å². The molecule has 1 atom stereocenters. The molecule has 27 heavy (non-hydrogen) atoms. The van der Waals surface area contributed by atoms with Gasteiger partial charge in [0.2, 0.25) is 15.9 Å². The van der Waals surface area contributed by atoms with E-state index in [4.69, 9.17) is 5.73 Å². The van der Waals surface area contributed by atoms with Gasteiger partial charge in [0, 0.05) is 31.7 Å². The number of hydrogen-bond donors (Lipinski definition) is 1. The smallest absolute Gasteiger partial charge is 0.253 e. The number of primary amides is 1. The molecule has 148 valence electrons. The second-order valence-corrected chi connectivity index (χ2v) is 9.28. The SMILES string of the molecule is NC(=O)[C@@H]1CCCN(C(=O)c2cccc(S(=O)(=O)N3CCCCCC3)c2)C1. The second kappa shape index (κ2) is 8.39. The van der Waals surface area contributed by atoms with E-state index in [1.807, 2.05) is 0 Å². The first kappa shape index (κ1) is 19.8. The standard InChI is InChI=1S/C19H27N3O4S/c20-18(23)16-8-6-10-21(14-16)19(24)15-7-5-9-17(13-15)27(25,26)22-11-3-1-2-4-12-22/h5,7,9,13,16H,1-4,6,8,10-12,14H2,(H2,20,23)/t16-/m1/s1. The summed E-state index contributed by atoms with van der Waals surface area (Å²) in [5.41, 5.74) is 5.71. The van der Waals surface area contributed by atoms with Crippen molar-refractivity contribution < 1.29 is 18.0 Å². The van der Waals surface area contributed by atoms with Crippen LogP contribution in [0.25, 0.3) is 0 Å². The Labute approximate surface area is 160 Å². The highest BCUT2D eigenvalue weighted by Gasteiger charge is 2.29. The van der Waals surface area contributed by atoms with Crippen LogP contribution in [0.2, 0.25) is 0 Å². The molecule has 0 spiro atoms. The third-order valence-corrected chi connectivity index (χ3v) is 7.29. The number of benzene rings is 1. The normalized spacial score (nSPS) is 22.2. The fourth-order valence-electron chi connectivity index (χ4n) is 3.80. The van der Waals surface area contributed by atoms with Crippen LogP contribution in [0.1, 0.15) is 48.9 Å². The first-order chi connectivity index (χ1) is 12.9. The lowest BCUT2D eigenvalue weighted by Crippen LogP contribution is -2.44. The summed E-state index contributed by atoms with van der Waals surface area (Å²) in [6.45, 7) is 1.88. The Morgan fingerprint density at radius 1 is 1.00 bits per heavy atom. The Morgan fingerprint density at radius 2 is 1.70 bits per heavy atom. The van der Waals surface area contributed by atoms with Crippen molar-refractivity contribution >= 4 is 21.8 Å². The monoisotopic (exact) mass is 393 g/mol. The second-order valence-electron chi connectivity index (χ2n) is 7.34. The van der Waals surface area contributed by atoms with Gasteiger partial charge in [0.05, 0.1) is 10.8 Å². The lowest BCUT2D eigenvalue weighted by molar-refractivity contribution is -0.123. The van der Waals surface area contributed by atoms with Crippen LogP contribution < -0.4 is 5.73 Å². The molecule has 2 fully saturated rings. The minimum absolute atomic E-state index is 0.152. The zero-order valence-electron chi connectivity index (χ0n) is 15.5. The van der Waals surface area contributed by atoms with Crippen LogP contribution in [0.15, 0.2) is 29.2 Å². The molecule has 7 nitrogen and oxygen atoms in total. The van der Waals surface area contributed by atoms with Crippen LogP contribution in [-0.4, -0.2) is 55.6 Å². The molecule has 2 aliphatic heterocycles. The maximum absolute atomic E-state index is 13.0. The summed E-state index contributed by atoms with van der Waals surface area (Å²) in [4.78, 5) is 26.0. The Balaban J connectivity index is 1.80. The molecule has 0 unspecified atom stereocenters. The first-order valence-electron chi connectivity index (χ1n) is 9.58. The first-order valence-corrected chi connectivity index (χ1v) is 11.0. The van der Waals surface area contributed by atoms with E-state index in [0.717, 1.165) is 25.7 Å². The molecule has 2 amide bonds. The summed E-state index contributed by atoms with van der Waals surface area (Å²) in [6, 6.07) is 6.22. The van der Waals surface area contributed by atoms with Crippen LogP contribution in [0.4, 0.5) is 0 Å². The molecule has 2 saturated heterocycles. The number of piperidine rings is 1. The Hall–Kier alpha value is -1.93. The van der Waals surface area contributed by atoms with Crippen LogP contribution >= 0.6 is 0 Å². The molecule has 2 aliphatic rings. The van der Waals surface area contributed by atoms with E-state index in [1.165, 1.54) is 10.4 Å². The van der Waals surface area contributed by atoms with Gasteiger partial charge in [-0.1, -0.05) is 18.9 Å². The fraction of sp³-hybridized carbons (Fsp3) is 0.579. The summed E-state index contributed by atoms with van der Waals surface area (Å²) in [6.07, 6.45) is 5.20. The molecule has 1 aromatic carbocycles. The van der Waals surface area contributed by atoms with Gasteiger partial charge < -0.3 is 10.6 Å². The fourth-order valence-corrected chi connectivity index (χ4v) is 5.36. The quantitative estimate of drug-likeness (QED) is 0.839. The number of rotatable bonds is 4. The Bertz CT molecular complexity index is 801. The highest BCUT2D eigenvalue weighted by molar-refractivity contribution is 7.89. The highest BCUT2D eigenvalue weighted by atomic mass is 32.2. The number of hydrogen-bond acceptors (Lipinski definition) is 4. The molecule has 1 aromatic rings. The minimum Gasteiger partial charge on any atom is -0.369 e. The number of carbonyl (C=O) groups is 2. The number of carbonyl (C=O) groups excluding carboxylic acids is 2. The molecule has 3 rings (SSSR count). The van der Waals surface area contributed by atoms with E-state index in [1.54, 1.807) is 23.1 Å². The van der Waals surface area contributed by atoms with E-state index < -0.39 is 15.9 Å². The molecule has 0 aromatic heterocycles. The topological polar surface area (TPSA) is 101 Å². The van der Waals surface area contributed by atoms with Crippen molar-refractivity contribution in [3.05, 3.63) is 29.8 Å². The maximum atomic E-state index is 13.0. The third kappa shape index (κ3) is 4.50. The van der Waals surface area contributed by atoms with E-state index in [9.17, 15) is 18.0 Å². The molecule has 0 aliphatic carbocycles. The van der Waals surface area contributed by atoms with Crippen molar-refractivity contribution in [3.8, 4) is 0 Å². The summed E-state index contributed by atoms with van der Waals surface area (Å²) in [5.74, 6) is -0.995. The molecule has 2 heterocycles. The Morgan fingerprint density at radius 3 is 2.37 bits per heavy atom. The van der Waals surface area contributed by atoms with Gasteiger partial charge in [-0.3, -0.25) is 9.59 Å². The van der Waals surface area contributed by atoms with Crippen molar-refractivity contribution in [1.82, 2.24) is 9.21 Å². The van der Waals surface area contributed by atoms with Crippen molar-refractivity contribution in [3.63, 3.8) is 0 Å². The molecule has 0 saturated carbocycles. The lowest BCUT2D eigenvalue weighted by atomic mass is 9.97. The number of likely N-dealkylation sites (tertiary alicyclic amines) is 1. The van der Waals surface area contributed by atoms with E-state index >= 15 is 0 Å². The van der Waals surface area contributed by atoms with Gasteiger partial charge in [-0.05, 0) is 43.9 Å². The van der Waals surface area contributed by atoms with Gasteiger partial charge in [-0.15, -0.1) is 0 Å². The van der Waals surface area contributed by atoms with Gasteiger partial charge in [0.15, 0.2) is 0 Å². The predicted molar refractivity (Wildman–Crippen MR) is 101 cm³/mol. The van der Waals surface area contributed by atoms with Crippen molar-refractivity contribution in [2.45, 2.75) is 43.4 Å². The molecule has 0 radical (unpaired) electrons. The number of amides is 2. The predicted octanol–water partition coefficient (Wildman–Crippen LogP) is 1.59. The van der Waals surface area contributed by atoms with Crippen LogP contribution in [-0.2, 0) is 14.8 Å². The zero-order valence-corrected chi connectivity index (χ0v) is 16.3. The molecular weight excluding hydrogens is 366 g/mol. The number of nitrogens with zero attached hydrogens (tertiary/aromatic N) is 2. The van der Waals surface area contributed by atoms with Gasteiger partial charge in [0.25, 0.3) is 5.91 Å². The van der Waals surface area contributed by atoms with Crippen molar-refractivity contribution in [2.75, 3.05) is 26.2 Å². The molecule has 2 N–H and O–H groups in total. The number of sulfonamides is 1. The summed E-state index contributed by atoms with van der Waals surface area (Å²) in [5, 5.41) is 0. The summed E-state index contributed by atoms with van der Waals surface area (Å²) >= 11 is 0. The van der Waals surface area contributed by atoms with Crippen LogP contribution in [0, 0.1) is 5.92 Å². The molecule has 0 bridgehead atoms. The average molecular weight is 394 g/mol. The van der Waals surface area contributed by atoms with E-state index in [2.05, 4.69) is 0 Å². The van der Waals surface area contributed by atoms with Crippen molar-refractivity contribution in [2.24, 2.45) is 11.7 Å². The van der Waals surface area contributed by atoms with Gasteiger partial charge >= 0.3 is 0 Å². The average Bonchev–Trinajstić information content (AvgIpc) is 2.97. The molecule has 8 heteroatoms. The maximum Gasteiger partial charge on any atom is 0.253 e. The summed E-state index contributed by atoms with van der Waals surface area (Å²) in [7, 11) is -3.61. The highest BCUT2D eigenvalue weighted by Crippen LogP contribution is 2.23. The zero-order chi connectivity index (χ0) is 19.4. The van der Waals surface area contributed by atoms with Gasteiger partial charge in [0.1, 0.15) is 0 Å². The lowest BCUT2D eigenvalue weighted by Gasteiger charge is -2.31. The van der Waals surface area contributed by atoms with Crippen LogP contribution in [0.5, 0.6) is 0 Å². The van der Waals surface area contributed by atoms with E-state index in [-0.39, 0.29) is 23.3 Å². The van der Waals surface area contributed by atoms with E-state index in [0.29, 0.717) is 38.0 Å². The van der Waals surface area contributed by atoms with Crippen molar-refractivity contribution in [1.29, 1.82) is 0 Å². The molecular formula is C19H27N3O4S. The Kier molecular flexibility index (Phi) is 6.16. The summed E-state index contributed by atoms with van der Waals surface area (Å²) < 4.78 is 27.5.